The van der Waals surface area contributed by atoms with Crippen LogP contribution in [0.4, 0.5) is 5.69 Å². The van der Waals surface area contributed by atoms with Crippen molar-refractivity contribution in [2.45, 2.75) is 18.9 Å². The third-order valence-corrected chi connectivity index (χ3v) is 4.05. The summed E-state index contributed by atoms with van der Waals surface area (Å²) in [7, 11) is 1.93. The molecule has 6 heteroatoms. The van der Waals surface area contributed by atoms with Crippen molar-refractivity contribution in [1.82, 2.24) is 10.2 Å². The van der Waals surface area contributed by atoms with Crippen molar-refractivity contribution in [1.29, 1.82) is 0 Å². The second-order valence-corrected chi connectivity index (χ2v) is 5.84. The smallest absolute Gasteiger partial charge is 0.238 e. The Hall–Kier alpha value is -0.810. The van der Waals surface area contributed by atoms with Crippen LogP contribution >= 0.6 is 23.2 Å². The molecule has 2 rings (SSSR count). The Kier molecular flexibility index (Phi) is 5.66. The molecule has 1 fully saturated rings. The van der Waals surface area contributed by atoms with Crippen molar-refractivity contribution >= 4 is 34.8 Å². The van der Waals surface area contributed by atoms with Crippen LogP contribution in [0.3, 0.4) is 0 Å². The lowest BCUT2D eigenvalue weighted by molar-refractivity contribution is -0.117. The fourth-order valence-electron chi connectivity index (χ4n) is 2.54. The molecule has 1 saturated heterocycles. The number of likely N-dealkylation sites (tertiary alicyclic amines) is 1. The average molecular weight is 316 g/mol. The molecule has 1 aromatic rings. The molecule has 1 aliphatic heterocycles. The van der Waals surface area contributed by atoms with Crippen LogP contribution in [0.25, 0.3) is 0 Å². The van der Waals surface area contributed by atoms with Gasteiger partial charge in [0.05, 0.1) is 17.3 Å². The van der Waals surface area contributed by atoms with E-state index >= 15 is 0 Å². The van der Waals surface area contributed by atoms with Gasteiger partial charge in [0, 0.05) is 17.6 Å². The minimum atomic E-state index is -0.0582. The predicted molar refractivity (Wildman–Crippen MR) is 83.6 cm³/mol. The van der Waals surface area contributed by atoms with Gasteiger partial charge in [-0.2, -0.15) is 0 Å². The summed E-state index contributed by atoms with van der Waals surface area (Å²) in [4.78, 5) is 14.3. The van der Waals surface area contributed by atoms with Crippen LogP contribution in [-0.2, 0) is 4.79 Å². The first-order chi connectivity index (χ1) is 9.60. The standard InChI is InChI=1S/C14H19Cl2N3O/c1-17-8-11-3-2-6-19(11)9-14(20)18-13-7-10(15)4-5-12(13)16/h4-5,7,11,17H,2-3,6,8-9H2,1H3,(H,18,20). The van der Waals surface area contributed by atoms with Crippen LogP contribution in [0, 0.1) is 0 Å². The van der Waals surface area contributed by atoms with Gasteiger partial charge in [0.2, 0.25) is 5.91 Å². The predicted octanol–water partition coefficient (Wildman–Crippen LogP) is 2.62. The summed E-state index contributed by atoms with van der Waals surface area (Å²) in [5.74, 6) is -0.0582. The van der Waals surface area contributed by atoms with Gasteiger partial charge in [0.1, 0.15) is 0 Å². The van der Waals surface area contributed by atoms with Crippen molar-refractivity contribution in [2.75, 3.05) is 32.0 Å². The number of anilines is 1. The zero-order chi connectivity index (χ0) is 14.5. The second-order valence-electron chi connectivity index (χ2n) is 5.00. The first kappa shape index (κ1) is 15.6. The lowest BCUT2D eigenvalue weighted by Gasteiger charge is -2.23. The van der Waals surface area contributed by atoms with Crippen molar-refractivity contribution in [3.05, 3.63) is 28.2 Å². The minimum Gasteiger partial charge on any atom is -0.324 e. The van der Waals surface area contributed by atoms with Gasteiger partial charge in [0.15, 0.2) is 0 Å². The highest BCUT2D eigenvalue weighted by molar-refractivity contribution is 6.35. The quantitative estimate of drug-likeness (QED) is 0.878. The Morgan fingerprint density at radius 2 is 2.25 bits per heavy atom. The minimum absolute atomic E-state index is 0.0582. The Morgan fingerprint density at radius 1 is 1.45 bits per heavy atom. The molecule has 0 radical (unpaired) electrons. The Bertz CT molecular complexity index is 481. The highest BCUT2D eigenvalue weighted by Gasteiger charge is 2.25. The number of carbonyl (C=O) groups is 1. The van der Waals surface area contributed by atoms with E-state index in [2.05, 4.69) is 15.5 Å². The van der Waals surface area contributed by atoms with Gasteiger partial charge >= 0.3 is 0 Å². The zero-order valence-electron chi connectivity index (χ0n) is 11.5. The molecule has 1 atom stereocenters. The largest absolute Gasteiger partial charge is 0.324 e. The maximum atomic E-state index is 12.1. The molecule has 0 spiro atoms. The molecule has 1 aliphatic rings. The first-order valence-electron chi connectivity index (χ1n) is 6.73. The van der Waals surface area contributed by atoms with E-state index in [4.69, 9.17) is 23.2 Å². The Morgan fingerprint density at radius 3 is 3.00 bits per heavy atom. The highest BCUT2D eigenvalue weighted by atomic mass is 35.5. The van der Waals surface area contributed by atoms with Gasteiger partial charge in [-0.3, -0.25) is 9.69 Å². The molecule has 0 aliphatic carbocycles. The number of nitrogens with one attached hydrogen (secondary N) is 2. The number of halogens is 2. The lowest BCUT2D eigenvalue weighted by atomic mass is 10.2. The topological polar surface area (TPSA) is 44.4 Å². The SMILES string of the molecule is CNCC1CCCN1CC(=O)Nc1cc(Cl)ccc1Cl. The molecule has 2 N–H and O–H groups in total. The Balaban J connectivity index is 1.93. The number of likely N-dealkylation sites (N-methyl/N-ethyl adjacent to an activating group) is 1. The van der Waals surface area contributed by atoms with E-state index in [9.17, 15) is 4.79 Å². The van der Waals surface area contributed by atoms with E-state index in [0.717, 1.165) is 25.9 Å². The molecule has 1 amide bonds. The highest BCUT2D eigenvalue weighted by Crippen LogP contribution is 2.25. The molecule has 0 saturated carbocycles. The van der Waals surface area contributed by atoms with E-state index in [-0.39, 0.29) is 5.91 Å². The summed E-state index contributed by atoms with van der Waals surface area (Å²) in [5, 5.41) is 7.04. The molecular formula is C14H19Cl2N3O. The average Bonchev–Trinajstić information content (AvgIpc) is 2.82. The molecule has 0 aromatic heterocycles. The summed E-state index contributed by atoms with van der Waals surface area (Å²) in [6.07, 6.45) is 2.27. The van der Waals surface area contributed by atoms with E-state index in [1.54, 1.807) is 18.2 Å². The van der Waals surface area contributed by atoms with Gasteiger partial charge < -0.3 is 10.6 Å². The fourth-order valence-corrected chi connectivity index (χ4v) is 2.87. The maximum absolute atomic E-state index is 12.1. The van der Waals surface area contributed by atoms with Crippen LogP contribution in [0.2, 0.25) is 10.0 Å². The molecule has 1 unspecified atom stereocenters. The van der Waals surface area contributed by atoms with Crippen LogP contribution < -0.4 is 10.6 Å². The van der Waals surface area contributed by atoms with E-state index < -0.39 is 0 Å². The number of amides is 1. The Labute approximate surface area is 129 Å². The monoisotopic (exact) mass is 315 g/mol. The summed E-state index contributed by atoms with van der Waals surface area (Å²) < 4.78 is 0. The van der Waals surface area contributed by atoms with Crippen molar-refractivity contribution in [3.63, 3.8) is 0 Å². The van der Waals surface area contributed by atoms with Crippen LogP contribution in [0.5, 0.6) is 0 Å². The van der Waals surface area contributed by atoms with E-state index in [1.807, 2.05) is 7.05 Å². The summed E-state index contributed by atoms with van der Waals surface area (Å²) in [5.41, 5.74) is 0.563. The molecule has 1 heterocycles. The van der Waals surface area contributed by atoms with Gasteiger partial charge in [0.25, 0.3) is 0 Å². The summed E-state index contributed by atoms with van der Waals surface area (Å²) in [6.45, 7) is 2.25. The number of benzene rings is 1. The van der Waals surface area contributed by atoms with Gasteiger partial charge in [-0.1, -0.05) is 23.2 Å². The number of rotatable bonds is 5. The summed E-state index contributed by atoms with van der Waals surface area (Å²) in [6, 6.07) is 5.47. The molecule has 1 aromatic carbocycles. The number of hydrogen-bond acceptors (Lipinski definition) is 3. The van der Waals surface area contributed by atoms with Crippen molar-refractivity contribution in [2.24, 2.45) is 0 Å². The number of nitrogens with zero attached hydrogens (tertiary/aromatic N) is 1. The van der Waals surface area contributed by atoms with Crippen molar-refractivity contribution in [3.8, 4) is 0 Å². The normalized spacial score (nSPS) is 19.2. The number of hydrogen-bond donors (Lipinski definition) is 2. The molecule has 110 valence electrons. The third-order valence-electron chi connectivity index (χ3n) is 3.49. The first-order valence-corrected chi connectivity index (χ1v) is 7.49. The molecule has 20 heavy (non-hydrogen) atoms. The third kappa shape index (κ3) is 4.09. The van der Waals surface area contributed by atoms with Crippen LogP contribution in [0.1, 0.15) is 12.8 Å². The fraction of sp³-hybridized carbons (Fsp3) is 0.500. The van der Waals surface area contributed by atoms with E-state index in [0.29, 0.717) is 28.3 Å². The second kappa shape index (κ2) is 7.27. The number of carbonyl (C=O) groups excluding carboxylic acids is 1. The summed E-state index contributed by atoms with van der Waals surface area (Å²) >= 11 is 11.9. The van der Waals surface area contributed by atoms with Crippen LogP contribution in [0.15, 0.2) is 18.2 Å². The van der Waals surface area contributed by atoms with Gasteiger partial charge in [-0.15, -0.1) is 0 Å². The van der Waals surface area contributed by atoms with Crippen LogP contribution in [-0.4, -0.2) is 43.5 Å². The molecular weight excluding hydrogens is 297 g/mol. The van der Waals surface area contributed by atoms with Crippen molar-refractivity contribution < 1.29 is 4.79 Å². The molecule has 0 bridgehead atoms. The van der Waals surface area contributed by atoms with Gasteiger partial charge in [-0.05, 0) is 44.6 Å². The molecule has 4 nitrogen and oxygen atoms in total. The maximum Gasteiger partial charge on any atom is 0.238 e. The van der Waals surface area contributed by atoms with E-state index in [1.165, 1.54) is 0 Å². The zero-order valence-corrected chi connectivity index (χ0v) is 13.0. The lowest BCUT2D eigenvalue weighted by Crippen LogP contribution is -2.41. The van der Waals surface area contributed by atoms with Gasteiger partial charge in [-0.25, -0.2) is 0 Å².